The third-order valence-corrected chi connectivity index (χ3v) is 7.11. The average molecular weight is 445 g/mol. The van der Waals surface area contributed by atoms with Crippen molar-refractivity contribution in [1.29, 1.82) is 0 Å². The van der Waals surface area contributed by atoms with E-state index in [4.69, 9.17) is 9.15 Å². The Morgan fingerprint density at radius 3 is 2.91 bits per heavy atom. The Labute approximate surface area is 187 Å². The van der Waals surface area contributed by atoms with E-state index in [1.165, 1.54) is 19.2 Å². The zero-order valence-corrected chi connectivity index (χ0v) is 17.9. The summed E-state index contributed by atoms with van der Waals surface area (Å²) in [6.45, 7) is 6.60. The molecule has 3 heterocycles. The van der Waals surface area contributed by atoms with Crippen molar-refractivity contribution >= 4 is 34.1 Å². The highest BCUT2D eigenvalue weighted by atomic mass is 16.6. The number of ether oxygens (including phenoxy) is 1. The van der Waals surface area contributed by atoms with Crippen molar-refractivity contribution in [2.24, 2.45) is 5.92 Å². The van der Waals surface area contributed by atoms with Crippen LogP contribution in [-0.2, 0) is 10.2 Å². The van der Waals surface area contributed by atoms with E-state index in [2.05, 4.69) is 11.6 Å². The summed E-state index contributed by atoms with van der Waals surface area (Å²) in [6.07, 6.45) is 2.45. The molecule has 2 aromatic heterocycles. The number of benzene rings is 1. The predicted octanol–water partition coefficient (Wildman–Crippen LogP) is 4.09. The van der Waals surface area contributed by atoms with Gasteiger partial charge in [-0.05, 0) is 31.4 Å². The van der Waals surface area contributed by atoms with Gasteiger partial charge in [-0.15, -0.1) is 0 Å². The molecule has 33 heavy (non-hydrogen) atoms. The first-order valence-corrected chi connectivity index (χ1v) is 10.5. The molecule has 9 heteroatoms. The molecular formula is C24H19N3O6. The van der Waals surface area contributed by atoms with Gasteiger partial charge in [0.25, 0.3) is 5.69 Å². The number of rotatable bonds is 4. The van der Waals surface area contributed by atoms with E-state index in [-0.39, 0.29) is 17.4 Å². The van der Waals surface area contributed by atoms with Crippen molar-refractivity contribution in [3.8, 4) is 0 Å². The second-order valence-electron chi connectivity index (χ2n) is 8.78. The number of nitrogens with one attached hydrogen (secondary N) is 1. The van der Waals surface area contributed by atoms with Gasteiger partial charge in [-0.2, -0.15) is 0 Å². The first-order chi connectivity index (χ1) is 15.8. The fourth-order valence-electron chi connectivity index (χ4n) is 5.55. The van der Waals surface area contributed by atoms with Crippen LogP contribution >= 0.6 is 0 Å². The maximum Gasteiger partial charge on any atom is 0.340 e. The highest BCUT2D eigenvalue weighted by Gasteiger charge is 2.68. The number of aryl methyl sites for hydroxylation is 1. The van der Waals surface area contributed by atoms with E-state index in [1.807, 2.05) is 4.90 Å². The number of fused-ring (bicyclic) bond motifs is 2. The van der Waals surface area contributed by atoms with Crippen LogP contribution in [0.1, 0.15) is 44.3 Å². The van der Waals surface area contributed by atoms with E-state index in [1.54, 1.807) is 25.1 Å². The molecule has 0 radical (unpaired) electrons. The van der Waals surface area contributed by atoms with Crippen LogP contribution in [0, 0.1) is 23.0 Å². The summed E-state index contributed by atoms with van der Waals surface area (Å²) in [5.41, 5.74) is 3.63. The lowest BCUT2D eigenvalue weighted by Crippen LogP contribution is -2.28. The number of esters is 1. The van der Waals surface area contributed by atoms with E-state index in [0.717, 1.165) is 17.7 Å². The molecule has 1 spiro atoms. The molecule has 166 valence electrons. The van der Waals surface area contributed by atoms with Gasteiger partial charge in [0.15, 0.2) is 5.76 Å². The number of H-pyrrole nitrogens is 1. The molecule has 0 amide bonds. The lowest BCUT2D eigenvalue weighted by atomic mass is 9.82. The highest BCUT2D eigenvalue weighted by molar-refractivity contribution is 6.11. The Bertz CT molecular complexity index is 1470. The van der Waals surface area contributed by atoms with Gasteiger partial charge in [0.2, 0.25) is 5.78 Å². The van der Waals surface area contributed by atoms with E-state index < -0.39 is 16.3 Å². The zero-order valence-electron chi connectivity index (χ0n) is 17.9. The second kappa shape index (κ2) is 6.22. The number of nitro groups is 1. The number of likely N-dealkylation sites (tertiary alicyclic amines) is 1. The molecule has 2 fully saturated rings. The molecule has 1 saturated carbocycles. The minimum Gasteiger partial charge on any atom is -0.465 e. The number of non-ortho nitro benzene ring substituents is 1. The summed E-state index contributed by atoms with van der Waals surface area (Å²) in [5, 5.41) is 11.7. The molecule has 2 atom stereocenters. The fourth-order valence-corrected chi connectivity index (χ4v) is 5.55. The highest BCUT2D eigenvalue weighted by Crippen LogP contribution is 2.68. The summed E-state index contributed by atoms with van der Waals surface area (Å²) in [7, 11) is 1.33. The van der Waals surface area contributed by atoms with Crippen LogP contribution in [0.2, 0.25) is 0 Å². The van der Waals surface area contributed by atoms with Gasteiger partial charge in [0.1, 0.15) is 5.58 Å². The predicted molar refractivity (Wildman–Crippen MR) is 118 cm³/mol. The molecule has 1 saturated heterocycles. The van der Waals surface area contributed by atoms with Crippen molar-refractivity contribution in [3.63, 3.8) is 0 Å². The summed E-state index contributed by atoms with van der Waals surface area (Å²) < 4.78 is 10.9. The number of piperidine rings is 1. The number of carbonyl (C=O) groups is 2. The van der Waals surface area contributed by atoms with Gasteiger partial charge in [-0.1, -0.05) is 6.58 Å². The van der Waals surface area contributed by atoms with Gasteiger partial charge >= 0.3 is 5.97 Å². The lowest BCUT2D eigenvalue weighted by molar-refractivity contribution is -0.384. The summed E-state index contributed by atoms with van der Waals surface area (Å²) in [4.78, 5) is 41.3. The first kappa shape index (κ1) is 19.5. The number of methoxy groups -OCH3 is 1. The van der Waals surface area contributed by atoms with Crippen LogP contribution in [-0.4, -0.2) is 40.2 Å². The Morgan fingerprint density at radius 1 is 1.39 bits per heavy atom. The first-order valence-electron chi connectivity index (χ1n) is 10.5. The number of allylic oxidation sites excluding steroid dienone is 2. The average Bonchev–Trinajstić information content (AvgIpc) is 3.08. The Hall–Kier alpha value is -4.14. The van der Waals surface area contributed by atoms with Gasteiger partial charge in [0, 0.05) is 52.5 Å². The topological polar surface area (TPSA) is 119 Å². The SMILES string of the molecule is C=C(c1cc2cc([N+](=O)[O-])ccc2o1)N1C[C@H]2C[C@@]23C1=CC(=O)c1[nH]c(C)c(C(=O)OC)c13. The van der Waals surface area contributed by atoms with Crippen LogP contribution in [0.15, 0.2) is 47.0 Å². The molecule has 6 rings (SSSR count). The number of carbonyl (C=O) groups excluding carboxylic acids is 2. The number of nitro benzene ring substituents is 1. The Balaban J connectivity index is 1.42. The smallest absolute Gasteiger partial charge is 0.340 e. The Morgan fingerprint density at radius 2 is 2.18 bits per heavy atom. The van der Waals surface area contributed by atoms with E-state index in [0.29, 0.717) is 45.9 Å². The zero-order chi connectivity index (χ0) is 23.2. The molecule has 1 N–H and O–H groups in total. The minimum absolute atomic E-state index is 0.0203. The van der Waals surface area contributed by atoms with Crippen molar-refractivity contribution in [2.75, 3.05) is 13.7 Å². The molecule has 9 nitrogen and oxygen atoms in total. The lowest BCUT2D eigenvalue weighted by Gasteiger charge is -2.30. The molecule has 1 aromatic carbocycles. The molecule has 3 aliphatic rings. The molecule has 1 aliphatic heterocycles. The van der Waals surface area contributed by atoms with Crippen LogP contribution in [0.5, 0.6) is 0 Å². The summed E-state index contributed by atoms with van der Waals surface area (Å²) >= 11 is 0. The molecule has 0 unspecified atom stereocenters. The normalized spacial score (nSPS) is 22.5. The standard InChI is InChI=1S/C24H19N3O6/c1-11-20(23(29)32-3)21-22(25-11)16(28)8-19-24(21)9-14(24)10-26(19)12(2)18-7-13-6-15(27(30)31)4-5-17(13)33-18/h4-8,14,25H,2,9-10H2,1,3H3/t14-,24+/m1/s1. The molecule has 3 aromatic rings. The number of aromatic nitrogens is 1. The molecular weight excluding hydrogens is 426 g/mol. The Kier molecular flexibility index (Phi) is 3.68. The number of hydrogen-bond acceptors (Lipinski definition) is 7. The fraction of sp³-hybridized carbons (Fsp3) is 0.250. The van der Waals surface area contributed by atoms with Crippen LogP contribution in [0.4, 0.5) is 5.69 Å². The van der Waals surface area contributed by atoms with E-state index in [9.17, 15) is 19.7 Å². The van der Waals surface area contributed by atoms with Gasteiger partial charge < -0.3 is 19.0 Å². The van der Waals surface area contributed by atoms with Crippen LogP contribution in [0.3, 0.4) is 0 Å². The number of aromatic amines is 1. The number of ketones is 1. The summed E-state index contributed by atoms with van der Waals surface area (Å²) in [5.74, 6) is 0.0284. The minimum atomic E-state index is -0.463. The van der Waals surface area contributed by atoms with Crippen molar-refractivity contribution in [3.05, 3.63) is 81.0 Å². The van der Waals surface area contributed by atoms with Gasteiger partial charge in [-0.25, -0.2) is 4.79 Å². The number of furan rings is 1. The molecule has 2 aliphatic carbocycles. The van der Waals surface area contributed by atoms with Crippen LogP contribution < -0.4 is 0 Å². The maximum absolute atomic E-state index is 13.0. The third kappa shape index (κ3) is 2.41. The third-order valence-electron chi connectivity index (χ3n) is 7.11. The van der Waals surface area contributed by atoms with Crippen molar-refractivity contribution in [1.82, 2.24) is 9.88 Å². The van der Waals surface area contributed by atoms with Crippen molar-refractivity contribution < 1.29 is 23.7 Å². The number of hydrogen-bond donors (Lipinski definition) is 1. The summed E-state index contributed by atoms with van der Waals surface area (Å²) in [6, 6.07) is 6.14. The van der Waals surface area contributed by atoms with Crippen LogP contribution in [0.25, 0.3) is 16.7 Å². The second-order valence-corrected chi connectivity index (χ2v) is 8.78. The monoisotopic (exact) mass is 445 g/mol. The number of nitrogens with zero attached hydrogens (tertiary/aromatic N) is 2. The molecule has 0 bridgehead atoms. The van der Waals surface area contributed by atoms with E-state index >= 15 is 0 Å². The van der Waals surface area contributed by atoms with Gasteiger partial charge in [0.05, 0.1) is 29.0 Å². The quantitative estimate of drug-likeness (QED) is 0.365. The maximum atomic E-state index is 13.0. The largest absolute Gasteiger partial charge is 0.465 e. The van der Waals surface area contributed by atoms with Gasteiger partial charge in [-0.3, -0.25) is 14.9 Å². The van der Waals surface area contributed by atoms with Crippen molar-refractivity contribution in [2.45, 2.75) is 18.8 Å².